The minimum Gasteiger partial charge on any atom is -0.462 e. The van der Waals surface area contributed by atoms with E-state index in [1.807, 2.05) is 0 Å². The van der Waals surface area contributed by atoms with Gasteiger partial charge in [0.15, 0.2) is 0 Å². The molecule has 5 atom stereocenters. The van der Waals surface area contributed by atoms with Crippen LogP contribution in [0.3, 0.4) is 0 Å². The van der Waals surface area contributed by atoms with Crippen molar-refractivity contribution in [1.29, 1.82) is 0 Å². The van der Waals surface area contributed by atoms with E-state index in [1.54, 1.807) is 6.92 Å². The van der Waals surface area contributed by atoms with Crippen molar-refractivity contribution < 1.29 is 36.4 Å². The second-order valence-electron chi connectivity index (χ2n) is 6.14. The Labute approximate surface area is 139 Å². The summed E-state index contributed by atoms with van der Waals surface area (Å²) in [6.07, 6.45) is -0.523. The van der Waals surface area contributed by atoms with Crippen LogP contribution in [0.1, 0.15) is 13.3 Å². The topological polar surface area (TPSA) is 117 Å². The van der Waals surface area contributed by atoms with E-state index in [-0.39, 0.29) is 32.1 Å². The quantitative estimate of drug-likeness (QED) is 0.262. The van der Waals surface area contributed by atoms with Gasteiger partial charge in [0.25, 0.3) is 10.1 Å². The highest BCUT2D eigenvalue weighted by Crippen LogP contribution is 2.53. The molecule has 0 aromatic carbocycles. The molecule has 3 aliphatic rings. The average molecular weight is 361 g/mol. The van der Waals surface area contributed by atoms with Gasteiger partial charge in [-0.1, -0.05) is 6.58 Å². The molecule has 0 saturated carbocycles. The van der Waals surface area contributed by atoms with Crippen LogP contribution in [0.5, 0.6) is 0 Å². The summed E-state index contributed by atoms with van der Waals surface area (Å²) in [7, 11) is -3.64. The van der Waals surface area contributed by atoms with Gasteiger partial charge in [-0.25, -0.2) is 4.79 Å². The Kier molecular flexibility index (Phi) is 4.41. The van der Waals surface area contributed by atoms with Crippen molar-refractivity contribution in [3.63, 3.8) is 0 Å². The van der Waals surface area contributed by atoms with E-state index >= 15 is 0 Å². The van der Waals surface area contributed by atoms with Crippen LogP contribution in [0.2, 0.25) is 0 Å². The number of hydrogen-bond donors (Lipinski definition) is 1. The van der Waals surface area contributed by atoms with Crippen LogP contribution in [0.4, 0.5) is 0 Å². The average Bonchev–Trinajstić information content (AvgIpc) is 3.06. The van der Waals surface area contributed by atoms with Crippen LogP contribution in [0.25, 0.3) is 0 Å². The molecule has 10 heteroatoms. The number of hydrogen-bond acceptors (Lipinski definition) is 8. The van der Waals surface area contributed by atoms with Crippen molar-refractivity contribution in [3.05, 3.63) is 12.7 Å². The monoisotopic (exact) mass is 361 g/mol. The first kappa shape index (κ1) is 17.3. The normalized spacial score (nSPS) is 38.0. The summed E-state index contributed by atoms with van der Waals surface area (Å²) in [5, 5.41) is 1.80. The molecule has 134 valence electrons. The van der Waals surface area contributed by atoms with Gasteiger partial charge in [-0.3, -0.25) is 8.98 Å². The van der Waals surface area contributed by atoms with Gasteiger partial charge in [0.05, 0.1) is 12.1 Å². The minimum absolute atomic E-state index is 0.000779. The first-order valence-electron chi connectivity index (χ1n) is 7.54. The largest absolute Gasteiger partial charge is 0.462 e. The summed E-state index contributed by atoms with van der Waals surface area (Å²) in [6, 6.07) is 0. The zero-order valence-electron chi connectivity index (χ0n) is 13.1. The Morgan fingerprint density at radius 2 is 2.17 bits per heavy atom. The zero-order chi connectivity index (χ0) is 17.5. The van der Waals surface area contributed by atoms with Crippen molar-refractivity contribution in [1.82, 2.24) is 5.32 Å². The molecule has 0 aliphatic carbocycles. The molecule has 0 radical (unpaired) electrons. The number of esters is 1. The molecular weight excluding hydrogens is 342 g/mol. The fourth-order valence-corrected chi connectivity index (χ4v) is 5.15. The maximum absolute atomic E-state index is 11.9. The second kappa shape index (κ2) is 6.10. The maximum atomic E-state index is 11.9. The molecule has 2 bridgehead atoms. The zero-order valence-corrected chi connectivity index (χ0v) is 13.9. The van der Waals surface area contributed by atoms with Crippen molar-refractivity contribution >= 4 is 22.0 Å². The lowest BCUT2D eigenvalue weighted by Gasteiger charge is -2.29. The van der Waals surface area contributed by atoms with Crippen LogP contribution in [-0.4, -0.2) is 69.2 Å². The first-order chi connectivity index (χ1) is 11.3. The predicted molar refractivity (Wildman–Crippen MR) is 79.4 cm³/mol. The van der Waals surface area contributed by atoms with Gasteiger partial charge in [-0.15, -0.1) is 0 Å². The van der Waals surface area contributed by atoms with Gasteiger partial charge < -0.3 is 19.5 Å². The van der Waals surface area contributed by atoms with Gasteiger partial charge in [-0.05, 0) is 13.0 Å². The lowest BCUT2D eigenvalue weighted by Crippen LogP contribution is -2.47. The highest BCUT2D eigenvalue weighted by atomic mass is 32.2. The van der Waals surface area contributed by atoms with Crippen molar-refractivity contribution in [3.8, 4) is 0 Å². The number of rotatable bonds is 7. The Balaban J connectivity index is 1.47. The van der Waals surface area contributed by atoms with Crippen LogP contribution in [0, 0.1) is 0 Å². The van der Waals surface area contributed by atoms with Gasteiger partial charge in [0, 0.05) is 6.42 Å². The van der Waals surface area contributed by atoms with Gasteiger partial charge in [-0.2, -0.15) is 8.42 Å². The Morgan fingerprint density at radius 1 is 1.42 bits per heavy atom. The summed E-state index contributed by atoms with van der Waals surface area (Å²) in [4.78, 5) is 22.6. The van der Waals surface area contributed by atoms with E-state index < -0.39 is 45.3 Å². The molecule has 0 aromatic heterocycles. The second-order valence-corrected chi connectivity index (χ2v) is 7.92. The number of carbonyl (C=O) groups is 2. The molecule has 5 unspecified atom stereocenters. The Morgan fingerprint density at radius 3 is 2.88 bits per heavy atom. The molecule has 3 rings (SSSR count). The van der Waals surface area contributed by atoms with E-state index in [9.17, 15) is 18.0 Å². The van der Waals surface area contributed by atoms with E-state index in [0.29, 0.717) is 0 Å². The van der Waals surface area contributed by atoms with Crippen LogP contribution < -0.4 is 5.32 Å². The van der Waals surface area contributed by atoms with Crippen LogP contribution >= 0.6 is 0 Å². The van der Waals surface area contributed by atoms with E-state index in [2.05, 4.69) is 11.9 Å². The van der Waals surface area contributed by atoms with Crippen LogP contribution in [0.15, 0.2) is 12.7 Å². The first-order valence-corrected chi connectivity index (χ1v) is 9.01. The van der Waals surface area contributed by atoms with Crippen molar-refractivity contribution in [2.75, 3.05) is 19.8 Å². The summed E-state index contributed by atoms with van der Waals surface area (Å²) in [6.45, 7) is 4.86. The molecule has 9 nitrogen and oxygen atoms in total. The van der Waals surface area contributed by atoms with Crippen molar-refractivity contribution in [2.45, 2.75) is 42.5 Å². The molecule has 1 amide bonds. The Bertz CT molecular complexity index is 662. The van der Waals surface area contributed by atoms with Gasteiger partial charge in [0.2, 0.25) is 5.91 Å². The number of ether oxygens (including phenoxy) is 3. The molecule has 1 N–H and O–H groups in total. The minimum atomic E-state index is -3.64. The third kappa shape index (κ3) is 2.94. The third-order valence-electron chi connectivity index (χ3n) is 4.45. The van der Waals surface area contributed by atoms with E-state index in [0.717, 1.165) is 6.08 Å². The summed E-state index contributed by atoms with van der Waals surface area (Å²) in [5.41, 5.74) is -0.790. The third-order valence-corrected chi connectivity index (χ3v) is 6.12. The number of carbonyl (C=O) groups excluding carboxylic acids is 2. The molecule has 0 aromatic rings. The summed E-state index contributed by atoms with van der Waals surface area (Å²) in [5.74, 6) is -0.977. The summed E-state index contributed by atoms with van der Waals surface area (Å²) < 4.78 is 45.0. The van der Waals surface area contributed by atoms with Gasteiger partial charge in [0.1, 0.15) is 36.8 Å². The molecule has 3 fully saturated rings. The molecule has 3 saturated heterocycles. The standard InChI is InChI=1S/C14H19NO8S/c1-3-9(16)15-4-5-20-10(17)7-21-13-12-11-8(24(18,19)23-12)6-14(13,2)22-11/h3,8,11-13H,1,4-7H2,2H3,(H,15,16). The molecule has 24 heavy (non-hydrogen) atoms. The Hall–Kier alpha value is -1.49. The van der Waals surface area contributed by atoms with Crippen molar-refractivity contribution in [2.24, 2.45) is 0 Å². The molecule has 0 spiro atoms. The van der Waals surface area contributed by atoms with Crippen LogP contribution in [-0.2, 0) is 38.1 Å². The number of nitrogens with one attached hydrogen (secondary N) is 1. The molecular formula is C14H19NO8S. The number of fused-ring (bicyclic) bond motifs is 1. The SMILES string of the molecule is C=CC(=O)NCCOC(=O)COC1C2OS(=O)(=O)C3CC1(C)OC23. The lowest BCUT2D eigenvalue weighted by molar-refractivity contribution is -0.156. The fourth-order valence-electron chi connectivity index (χ4n) is 3.41. The smallest absolute Gasteiger partial charge is 0.332 e. The highest BCUT2D eigenvalue weighted by Gasteiger charge is 2.71. The van der Waals surface area contributed by atoms with Gasteiger partial charge >= 0.3 is 5.97 Å². The number of amides is 1. The van der Waals surface area contributed by atoms with E-state index in [4.69, 9.17) is 18.4 Å². The summed E-state index contributed by atoms with van der Waals surface area (Å²) >= 11 is 0. The van der Waals surface area contributed by atoms with E-state index in [1.165, 1.54) is 0 Å². The lowest BCUT2D eigenvalue weighted by atomic mass is 9.85. The highest BCUT2D eigenvalue weighted by molar-refractivity contribution is 7.87. The molecule has 3 heterocycles. The molecule has 3 aliphatic heterocycles. The predicted octanol–water partition coefficient (Wildman–Crippen LogP) is -1.12. The maximum Gasteiger partial charge on any atom is 0.332 e. The fraction of sp³-hybridized carbons (Fsp3) is 0.714.